The van der Waals surface area contributed by atoms with Crippen molar-refractivity contribution in [1.82, 2.24) is 10.2 Å². The van der Waals surface area contributed by atoms with Crippen LogP contribution in [0.4, 0.5) is 4.79 Å². The Hall–Kier alpha value is -0.810. The minimum atomic E-state index is -0.243. The molecule has 17 heavy (non-hydrogen) atoms. The molecule has 0 saturated carbocycles. The number of rotatable bonds is 2. The van der Waals surface area contributed by atoms with E-state index in [9.17, 15) is 4.79 Å². The highest BCUT2D eigenvalue weighted by Crippen LogP contribution is 2.20. The lowest BCUT2D eigenvalue weighted by molar-refractivity contribution is 0.0426. The van der Waals surface area contributed by atoms with E-state index < -0.39 is 0 Å². The van der Waals surface area contributed by atoms with Gasteiger partial charge in [0, 0.05) is 32.8 Å². The molecule has 0 atom stereocenters. The smallest absolute Gasteiger partial charge is 0.317 e. The maximum Gasteiger partial charge on any atom is 0.317 e. The molecular weight excluding hydrogens is 218 g/mol. The van der Waals surface area contributed by atoms with E-state index in [4.69, 9.17) is 10.5 Å². The molecule has 0 aliphatic carbocycles. The molecule has 0 aromatic heterocycles. The molecule has 0 unspecified atom stereocenters. The van der Waals surface area contributed by atoms with Gasteiger partial charge in [-0.1, -0.05) is 0 Å². The maximum absolute atomic E-state index is 12.1. The van der Waals surface area contributed by atoms with Gasteiger partial charge in [-0.15, -0.1) is 0 Å². The summed E-state index contributed by atoms with van der Waals surface area (Å²) in [5, 5.41) is 3.13. The number of ether oxygens (including phenoxy) is 1. The molecule has 2 fully saturated rings. The second kappa shape index (κ2) is 5.69. The monoisotopic (exact) mass is 241 g/mol. The van der Waals surface area contributed by atoms with Crippen molar-refractivity contribution in [3.63, 3.8) is 0 Å². The molecule has 2 heterocycles. The van der Waals surface area contributed by atoms with Crippen molar-refractivity contribution in [2.45, 2.75) is 37.6 Å². The van der Waals surface area contributed by atoms with Crippen LogP contribution in [0.25, 0.3) is 0 Å². The Kier molecular flexibility index (Phi) is 4.23. The standard InChI is InChI=1S/C12H23N3O2/c13-10-12(4-8-17-9-5-12)14-11(16)15-6-2-1-3-7-15/h1-10,13H2,(H,14,16). The molecule has 2 aliphatic heterocycles. The number of urea groups is 1. The summed E-state index contributed by atoms with van der Waals surface area (Å²) in [5.74, 6) is 0. The van der Waals surface area contributed by atoms with Gasteiger partial charge < -0.3 is 20.7 Å². The van der Waals surface area contributed by atoms with Crippen LogP contribution >= 0.6 is 0 Å². The molecule has 0 aromatic carbocycles. The number of hydrogen-bond donors (Lipinski definition) is 2. The van der Waals surface area contributed by atoms with Gasteiger partial charge in [0.15, 0.2) is 0 Å². The summed E-state index contributed by atoms with van der Waals surface area (Å²) < 4.78 is 5.33. The van der Waals surface area contributed by atoms with Crippen molar-refractivity contribution >= 4 is 6.03 Å². The zero-order valence-electron chi connectivity index (χ0n) is 10.4. The third-order valence-electron chi connectivity index (χ3n) is 3.86. The fourth-order valence-corrected chi connectivity index (χ4v) is 2.55. The highest BCUT2D eigenvalue weighted by atomic mass is 16.5. The summed E-state index contributed by atoms with van der Waals surface area (Å²) in [6.07, 6.45) is 5.12. The second-order valence-electron chi connectivity index (χ2n) is 5.07. The number of carbonyl (C=O) groups is 1. The van der Waals surface area contributed by atoms with E-state index in [1.165, 1.54) is 6.42 Å². The van der Waals surface area contributed by atoms with Crippen LogP contribution in [0.1, 0.15) is 32.1 Å². The van der Waals surface area contributed by atoms with Crippen LogP contribution in [0, 0.1) is 0 Å². The van der Waals surface area contributed by atoms with Gasteiger partial charge in [0.2, 0.25) is 0 Å². The molecule has 2 aliphatic rings. The average molecular weight is 241 g/mol. The molecule has 98 valence electrons. The molecule has 0 radical (unpaired) electrons. The number of carbonyl (C=O) groups excluding carboxylic acids is 1. The lowest BCUT2D eigenvalue weighted by Gasteiger charge is -2.39. The Bertz CT molecular complexity index is 258. The van der Waals surface area contributed by atoms with Gasteiger partial charge in [-0.3, -0.25) is 0 Å². The molecular formula is C12H23N3O2. The van der Waals surface area contributed by atoms with E-state index in [-0.39, 0.29) is 11.6 Å². The van der Waals surface area contributed by atoms with E-state index in [0.29, 0.717) is 19.8 Å². The summed E-state index contributed by atoms with van der Waals surface area (Å²) in [5.41, 5.74) is 5.58. The van der Waals surface area contributed by atoms with Gasteiger partial charge in [-0.25, -0.2) is 4.79 Å². The van der Waals surface area contributed by atoms with E-state index >= 15 is 0 Å². The van der Waals surface area contributed by atoms with Crippen LogP contribution in [0.15, 0.2) is 0 Å². The van der Waals surface area contributed by atoms with Crippen LogP contribution in [0.2, 0.25) is 0 Å². The Balaban J connectivity index is 1.90. The van der Waals surface area contributed by atoms with Crippen LogP contribution in [0.3, 0.4) is 0 Å². The molecule has 2 rings (SSSR count). The number of nitrogens with two attached hydrogens (primary N) is 1. The quantitative estimate of drug-likeness (QED) is 0.747. The van der Waals surface area contributed by atoms with E-state index in [0.717, 1.165) is 38.8 Å². The number of likely N-dealkylation sites (tertiary alicyclic amines) is 1. The van der Waals surface area contributed by atoms with E-state index in [1.807, 2.05) is 4.90 Å². The van der Waals surface area contributed by atoms with Gasteiger partial charge in [-0.2, -0.15) is 0 Å². The molecule has 0 spiro atoms. The first-order valence-electron chi connectivity index (χ1n) is 6.61. The highest BCUT2D eigenvalue weighted by Gasteiger charge is 2.34. The number of piperidine rings is 1. The molecule has 5 heteroatoms. The topological polar surface area (TPSA) is 67.6 Å². The Morgan fingerprint density at radius 2 is 1.88 bits per heavy atom. The number of hydrogen-bond acceptors (Lipinski definition) is 3. The fraction of sp³-hybridized carbons (Fsp3) is 0.917. The SMILES string of the molecule is NCC1(NC(=O)N2CCCCC2)CCOCC1. The lowest BCUT2D eigenvalue weighted by Crippen LogP contribution is -2.60. The summed E-state index contributed by atoms with van der Waals surface area (Å²) in [6, 6.07) is 0.0528. The van der Waals surface area contributed by atoms with Crippen molar-refractivity contribution in [2.75, 3.05) is 32.8 Å². The van der Waals surface area contributed by atoms with Gasteiger partial charge in [0.1, 0.15) is 0 Å². The minimum absolute atomic E-state index is 0.0528. The van der Waals surface area contributed by atoms with E-state index in [1.54, 1.807) is 0 Å². The van der Waals surface area contributed by atoms with Gasteiger partial charge in [0.25, 0.3) is 0 Å². The summed E-state index contributed by atoms with van der Waals surface area (Å²) in [4.78, 5) is 14.1. The lowest BCUT2D eigenvalue weighted by atomic mass is 9.90. The molecule has 2 saturated heterocycles. The van der Waals surface area contributed by atoms with Gasteiger partial charge in [-0.05, 0) is 32.1 Å². The molecule has 2 amide bonds. The van der Waals surface area contributed by atoms with Crippen molar-refractivity contribution in [3.05, 3.63) is 0 Å². The summed E-state index contributed by atoms with van der Waals surface area (Å²) in [7, 11) is 0. The van der Waals surface area contributed by atoms with E-state index in [2.05, 4.69) is 5.32 Å². The highest BCUT2D eigenvalue weighted by molar-refractivity contribution is 5.75. The van der Waals surface area contributed by atoms with Gasteiger partial charge in [0.05, 0.1) is 5.54 Å². The van der Waals surface area contributed by atoms with Crippen LogP contribution in [-0.2, 0) is 4.74 Å². The van der Waals surface area contributed by atoms with Gasteiger partial charge >= 0.3 is 6.03 Å². The predicted octanol–water partition coefficient (Wildman–Crippen LogP) is 0.690. The average Bonchev–Trinajstić information content (AvgIpc) is 2.41. The van der Waals surface area contributed by atoms with Crippen LogP contribution in [0.5, 0.6) is 0 Å². The van der Waals surface area contributed by atoms with Crippen molar-refractivity contribution < 1.29 is 9.53 Å². The largest absolute Gasteiger partial charge is 0.381 e. The molecule has 3 N–H and O–H groups in total. The first-order chi connectivity index (χ1) is 8.26. The molecule has 5 nitrogen and oxygen atoms in total. The van der Waals surface area contributed by atoms with Crippen LogP contribution < -0.4 is 11.1 Å². The van der Waals surface area contributed by atoms with Crippen molar-refractivity contribution in [3.8, 4) is 0 Å². The minimum Gasteiger partial charge on any atom is -0.381 e. The molecule has 0 bridgehead atoms. The predicted molar refractivity (Wildman–Crippen MR) is 65.8 cm³/mol. The Morgan fingerprint density at radius 3 is 2.47 bits per heavy atom. The first kappa shape index (κ1) is 12.6. The van der Waals surface area contributed by atoms with Crippen molar-refractivity contribution in [1.29, 1.82) is 0 Å². The third kappa shape index (κ3) is 3.10. The number of nitrogens with zero attached hydrogens (tertiary/aromatic N) is 1. The zero-order chi connectivity index (χ0) is 12.1. The Morgan fingerprint density at radius 1 is 1.24 bits per heavy atom. The number of nitrogens with one attached hydrogen (secondary N) is 1. The van der Waals surface area contributed by atoms with Crippen LogP contribution in [-0.4, -0.2) is 49.3 Å². The maximum atomic E-state index is 12.1. The molecule has 0 aromatic rings. The summed E-state index contributed by atoms with van der Waals surface area (Å²) >= 11 is 0. The number of amides is 2. The Labute approximate surface area is 103 Å². The second-order valence-corrected chi connectivity index (χ2v) is 5.07. The fourth-order valence-electron chi connectivity index (χ4n) is 2.55. The zero-order valence-corrected chi connectivity index (χ0v) is 10.4. The summed E-state index contributed by atoms with van der Waals surface area (Å²) in [6.45, 7) is 3.64. The normalized spacial score (nSPS) is 24.4. The first-order valence-corrected chi connectivity index (χ1v) is 6.61. The van der Waals surface area contributed by atoms with Crippen molar-refractivity contribution in [2.24, 2.45) is 5.73 Å². The third-order valence-corrected chi connectivity index (χ3v) is 3.86.